The second-order valence-electron chi connectivity index (χ2n) is 0.869. The van der Waals surface area contributed by atoms with Crippen LogP contribution in [-0.4, -0.2) is 0 Å². The summed E-state index contributed by atoms with van der Waals surface area (Å²) >= 11 is 0. The first-order chi connectivity index (χ1) is 2.91. The predicted octanol–water partition coefficient (Wildman–Crippen LogP) is 2.80. The van der Waals surface area contributed by atoms with Gasteiger partial charge in [0.1, 0.15) is 0 Å². The van der Waals surface area contributed by atoms with Gasteiger partial charge in [-0.15, -0.1) is 0 Å². The molecule has 0 unspecified atom stereocenters. The fourth-order valence-corrected chi connectivity index (χ4v) is 0.616. The van der Waals surface area contributed by atoms with Crippen molar-refractivity contribution in [3.05, 3.63) is 11.5 Å². The van der Waals surface area contributed by atoms with Gasteiger partial charge in [0.2, 0.25) is 0 Å². The van der Waals surface area contributed by atoms with E-state index in [1.165, 1.54) is 11.0 Å². The molecule has 0 atom stereocenters. The molecule has 0 spiro atoms. The van der Waals surface area contributed by atoms with E-state index in [0.29, 0.717) is 0 Å². The van der Waals surface area contributed by atoms with Gasteiger partial charge < -0.3 is 0 Å². The van der Waals surface area contributed by atoms with Crippen LogP contribution in [0.5, 0.6) is 0 Å². The third kappa shape index (κ3) is 4.38. The van der Waals surface area contributed by atoms with E-state index < -0.39 is 0 Å². The van der Waals surface area contributed by atoms with Gasteiger partial charge in [0.25, 0.3) is 0 Å². The number of hydrogen-bond acceptors (Lipinski definition) is 1. The summed E-state index contributed by atoms with van der Waals surface area (Å²) < 4.78 is 0. The van der Waals surface area contributed by atoms with Crippen LogP contribution in [0.1, 0.15) is 13.3 Å². The highest BCUT2D eigenvalue weighted by Gasteiger charge is 1.62. The molecule has 0 bridgehead atoms. The molecule has 0 aromatic heterocycles. The molecule has 0 heterocycles. The van der Waals surface area contributed by atoms with E-state index in [1.54, 1.807) is 0 Å². The van der Waals surface area contributed by atoms with Crippen LogP contribution < -0.4 is 0 Å². The lowest BCUT2D eigenvalue weighted by Gasteiger charge is -1.70. The smallest absolute Gasteiger partial charge is 0.0171 e. The molecule has 0 fully saturated rings. The Balaban J connectivity index is 2.73. The minimum absolute atomic E-state index is 1.07. The Kier molecular flexibility index (Phi) is 5.72. The molecule has 0 saturated carbocycles. The Morgan fingerprint density at radius 1 is 1.83 bits per heavy atom. The van der Waals surface area contributed by atoms with Crippen molar-refractivity contribution in [3.63, 3.8) is 0 Å². The predicted molar refractivity (Wildman–Crippen MR) is 32.9 cm³/mol. The topological polar surface area (TPSA) is 0 Å². The van der Waals surface area contributed by atoms with Crippen molar-refractivity contribution in [2.24, 2.45) is 0 Å². The first-order valence-corrected chi connectivity index (χ1v) is 3.54. The zero-order chi connectivity index (χ0) is 4.83. The largest absolute Gasteiger partial charge is 0.0773 e. The Hall–Kier alpha value is 0.380. The second kappa shape index (κ2) is 5.38. The Bertz CT molecular complexity index is 36.8. The molecule has 0 saturated heterocycles. The van der Waals surface area contributed by atoms with Crippen molar-refractivity contribution in [1.29, 1.82) is 0 Å². The molecule has 0 amide bonds. The summed E-state index contributed by atoms with van der Waals surface area (Å²) in [6.07, 6.45) is 3.08. The molecule has 0 nitrogen and oxygen atoms in total. The first-order valence-electron chi connectivity index (χ1n) is 1.84. The van der Waals surface area contributed by atoms with Gasteiger partial charge in [-0.1, -0.05) is 13.0 Å². The summed E-state index contributed by atoms with van der Waals surface area (Å²) in [5.41, 5.74) is 0. The summed E-state index contributed by atoms with van der Waals surface area (Å²) in [6, 6.07) is 0. The van der Waals surface area contributed by atoms with Gasteiger partial charge in [-0.3, -0.25) is 0 Å². The lowest BCUT2D eigenvalue weighted by atomic mass is 10.5. The highest BCUT2D eigenvalue weighted by molar-refractivity contribution is 8.23. The van der Waals surface area contributed by atoms with Crippen LogP contribution in [0.15, 0.2) is 11.5 Å². The van der Waals surface area contributed by atoms with Crippen molar-refractivity contribution >= 4 is 21.7 Å². The standard InChI is InChI=1S/C4H7ClS/c1-2-3-4-6-5/h3-4H,2H2,1H3/b4-3+. The van der Waals surface area contributed by atoms with Gasteiger partial charge >= 0.3 is 0 Å². The maximum Gasteiger partial charge on any atom is -0.0171 e. The average Bonchev–Trinajstić information content (AvgIpc) is 1.61. The van der Waals surface area contributed by atoms with Crippen LogP contribution in [0, 0.1) is 0 Å². The molecule has 0 rings (SSSR count). The molecule has 0 aliphatic carbocycles. The molecular weight excluding hydrogens is 116 g/mol. The number of allylic oxidation sites excluding steroid dienone is 1. The third-order valence-corrected chi connectivity index (χ3v) is 0.987. The van der Waals surface area contributed by atoms with Crippen LogP contribution in [0.4, 0.5) is 0 Å². The zero-order valence-corrected chi connectivity index (χ0v) is 5.22. The van der Waals surface area contributed by atoms with Gasteiger partial charge in [0, 0.05) is 0 Å². The minimum atomic E-state index is 1.07. The molecular formula is C4H7ClS. The number of halogens is 1. The molecule has 0 aliphatic heterocycles. The van der Waals surface area contributed by atoms with E-state index in [0.717, 1.165) is 6.42 Å². The van der Waals surface area contributed by atoms with Crippen LogP contribution >= 0.6 is 21.7 Å². The van der Waals surface area contributed by atoms with E-state index in [1.807, 2.05) is 11.5 Å². The molecule has 0 aromatic carbocycles. The zero-order valence-electron chi connectivity index (χ0n) is 3.65. The van der Waals surface area contributed by atoms with Crippen LogP contribution in [0.25, 0.3) is 0 Å². The molecule has 0 aromatic rings. The molecule has 0 N–H and O–H groups in total. The highest BCUT2D eigenvalue weighted by atomic mass is 35.7. The summed E-state index contributed by atoms with van der Waals surface area (Å²) in [7, 11) is 6.43. The van der Waals surface area contributed by atoms with Crippen molar-refractivity contribution in [1.82, 2.24) is 0 Å². The third-order valence-electron chi connectivity index (χ3n) is 0.383. The van der Waals surface area contributed by atoms with Gasteiger partial charge in [-0.2, -0.15) is 0 Å². The SMILES string of the molecule is CC/C=C/SCl. The van der Waals surface area contributed by atoms with Crippen molar-refractivity contribution in [2.45, 2.75) is 13.3 Å². The van der Waals surface area contributed by atoms with Crippen molar-refractivity contribution in [3.8, 4) is 0 Å². The normalized spacial score (nSPS) is 10.3. The summed E-state index contributed by atoms with van der Waals surface area (Å²) in [5.74, 6) is 0. The highest BCUT2D eigenvalue weighted by Crippen LogP contribution is 2.06. The number of hydrogen-bond donors (Lipinski definition) is 0. The Morgan fingerprint density at radius 2 is 2.50 bits per heavy atom. The monoisotopic (exact) mass is 122 g/mol. The van der Waals surface area contributed by atoms with E-state index >= 15 is 0 Å². The van der Waals surface area contributed by atoms with Crippen LogP contribution in [0.3, 0.4) is 0 Å². The van der Waals surface area contributed by atoms with E-state index in [9.17, 15) is 0 Å². The second-order valence-corrected chi connectivity index (χ2v) is 1.85. The van der Waals surface area contributed by atoms with Gasteiger partial charge in [-0.25, -0.2) is 0 Å². The lowest BCUT2D eigenvalue weighted by Crippen LogP contribution is -1.43. The van der Waals surface area contributed by atoms with E-state index in [2.05, 4.69) is 6.92 Å². The first kappa shape index (κ1) is 6.38. The molecule has 0 radical (unpaired) electrons. The van der Waals surface area contributed by atoms with E-state index in [-0.39, 0.29) is 0 Å². The fraction of sp³-hybridized carbons (Fsp3) is 0.500. The molecule has 36 valence electrons. The maximum absolute atomic E-state index is 5.21. The average molecular weight is 123 g/mol. The van der Waals surface area contributed by atoms with Crippen LogP contribution in [0.2, 0.25) is 0 Å². The Labute approximate surface area is 47.1 Å². The number of rotatable bonds is 2. The van der Waals surface area contributed by atoms with Crippen molar-refractivity contribution in [2.75, 3.05) is 0 Å². The quantitative estimate of drug-likeness (QED) is 0.543. The van der Waals surface area contributed by atoms with Gasteiger partial charge in [0.15, 0.2) is 0 Å². The Morgan fingerprint density at radius 3 is 2.67 bits per heavy atom. The fourth-order valence-electron chi connectivity index (χ4n) is 0.133. The molecule has 0 aliphatic rings. The van der Waals surface area contributed by atoms with Crippen molar-refractivity contribution < 1.29 is 0 Å². The van der Waals surface area contributed by atoms with Gasteiger partial charge in [0.05, 0.1) is 0 Å². The summed E-state index contributed by atoms with van der Waals surface area (Å²) in [5, 5.41) is 1.86. The minimum Gasteiger partial charge on any atom is -0.0773 e. The molecule has 2 heteroatoms. The maximum atomic E-state index is 5.21. The summed E-state index contributed by atoms with van der Waals surface area (Å²) in [4.78, 5) is 0. The van der Waals surface area contributed by atoms with Crippen LogP contribution in [-0.2, 0) is 0 Å². The lowest BCUT2D eigenvalue weighted by molar-refractivity contribution is 1.23. The van der Waals surface area contributed by atoms with E-state index in [4.69, 9.17) is 10.7 Å². The summed E-state index contributed by atoms with van der Waals surface area (Å²) in [6.45, 7) is 2.07. The molecule has 6 heavy (non-hydrogen) atoms. The van der Waals surface area contributed by atoms with Gasteiger partial charge in [-0.05, 0) is 33.5 Å².